The minimum Gasteiger partial charge on any atom is -0.497 e. The molecule has 35 heavy (non-hydrogen) atoms. The third-order valence-electron chi connectivity index (χ3n) is 6.25. The molecule has 11 heteroatoms. The fourth-order valence-corrected chi connectivity index (χ4v) is 4.55. The van der Waals surface area contributed by atoms with Crippen LogP contribution in [0, 0.1) is 17.5 Å². The van der Waals surface area contributed by atoms with Gasteiger partial charge in [-0.25, -0.2) is 13.2 Å². The summed E-state index contributed by atoms with van der Waals surface area (Å²) in [6.07, 6.45) is 3.46. The highest BCUT2D eigenvalue weighted by molar-refractivity contribution is 5.95. The van der Waals surface area contributed by atoms with Crippen LogP contribution in [0.5, 0.6) is 5.75 Å². The zero-order valence-corrected chi connectivity index (χ0v) is 19.2. The first-order valence-electron chi connectivity index (χ1n) is 10.8. The minimum atomic E-state index is -1.51. The van der Waals surface area contributed by atoms with Gasteiger partial charge in [-0.2, -0.15) is 5.10 Å². The van der Waals surface area contributed by atoms with Gasteiger partial charge in [-0.05, 0) is 37.6 Å². The average Bonchev–Trinajstić information content (AvgIpc) is 3.50. The number of halogens is 3. The zero-order chi connectivity index (χ0) is 24.9. The molecule has 2 aromatic carbocycles. The Labute approximate surface area is 198 Å². The van der Waals surface area contributed by atoms with Crippen molar-refractivity contribution in [3.63, 3.8) is 0 Å². The molecule has 0 aliphatic carbocycles. The number of rotatable bonds is 4. The second-order valence-corrected chi connectivity index (χ2v) is 8.30. The first kappa shape index (κ1) is 22.6. The average molecular weight is 482 g/mol. The van der Waals surface area contributed by atoms with E-state index in [2.05, 4.69) is 15.3 Å². The highest BCUT2D eigenvalue weighted by atomic mass is 19.2. The summed E-state index contributed by atoms with van der Waals surface area (Å²) in [6, 6.07) is 6.66. The van der Waals surface area contributed by atoms with Gasteiger partial charge >= 0.3 is 0 Å². The smallest absolute Gasteiger partial charge is 0.254 e. The monoisotopic (exact) mass is 482 g/mol. The van der Waals surface area contributed by atoms with E-state index < -0.39 is 23.5 Å². The predicted octanol–water partition coefficient (Wildman–Crippen LogP) is 3.85. The van der Waals surface area contributed by atoms with Gasteiger partial charge in [0.1, 0.15) is 18.4 Å². The van der Waals surface area contributed by atoms with Crippen LogP contribution in [0.2, 0.25) is 0 Å². The number of aryl methyl sites for hydroxylation is 1. The summed E-state index contributed by atoms with van der Waals surface area (Å²) in [5.41, 5.74) is 3.16. The Balaban J connectivity index is 1.50. The molecule has 4 aromatic rings. The van der Waals surface area contributed by atoms with Crippen molar-refractivity contribution < 1.29 is 22.7 Å². The van der Waals surface area contributed by atoms with Crippen molar-refractivity contribution in [3.05, 3.63) is 77.3 Å². The zero-order valence-electron chi connectivity index (χ0n) is 19.2. The molecule has 180 valence electrons. The third-order valence-corrected chi connectivity index (χ3v) is 6.25. The summed E-state index contributed by atoms with van der Waals surface area (Å²) in [6.45, 7) is 2.20. The van der Waals surface area contributed by atoms with Crippen LogP contribution in [0.4, 0.5) is 13.2 Å². The Morgan fingerprint density at radius 2 is 1.74 bits per heavy atom. The molecule has 0 saturated heterocycles. The molecule has 0 N–H and O–H groups in total. The van der Waals surface area contributed by atoms with Crippen molar-refractivity contribution in [1.82, 2.24) is 29.4 Å². The van der Waals surface area contributed by atoms with Gasteiger partial charge in [-0.1, -0.05) is 0 Å². The van der Waals surface area contributed by atoms with Gasteiger partial charge in [0.25, 0.3) is 5.91 Å². The number of fused-ring (bicyclic) bond motifs is 1. The van der Waals surface area contributed by atoms with Crippen LogP contribution in [0.25, 0.3) is 16.9 Å². The van der Waals surface area contributed by atoms with Crippen molar-refractivity contribution in [1.29, 1.82) is 0 Å². The molecule has 1 amide bonds. The number of methoxy groups -OCH3 is 1. The van der Waals surface area contributed by atoms with Gasteiger partial charge in [0, 0.05) is 36.3 Å². The molecule has 0 saturated carbocycles. The van der Waals surface area contributed by atoms with Crippen molar-refractivity contribution >= 4 is 5.91 Å². The maximum absolute atomic E-state index is 13.9. The summed E-state index contributed by atoms with van der Waals surface area (Å²) in [7, 11) is 3.17. The molecule has 0 unspecified atom stereocenters. The van der Waals surface area contributed by atoms with E-state index in [0.717, 1.165) is 17.7 Å². The van der Waals surface area contributed by atoms with E-state index >= 15 is 0 Å². The second-order valence-electron chi connectivity index (χ2n) is 8.30. The van der Waals surface area contributed by atoms with Crippen LogP contribution in [0.15, 0.2) is 43.0 Å². The van der Waals surface area contributed by atoms with Crippen LogP contribution < -0.4 is 4.74 Å². The van der Waals surface area contributed by atoms with Gasteiger partial charge in [0.2, 0.25) is 0 Å². The van der Waals surface area contributed by atoms with Gasteiger partial charge in [-0.15, -0.1) is 10.2 Å². The number of nitrogens with zero attached hydrogens (tertiary/aromatic N) is 6. The molecule has 0 spiro atoms. The van der Waals surface area contributed by atoms with Crippen LogP contribution in [-0.2, 0) is 13.5 Å². The quantitative estimate of drug-likeness (QED) is 0.413. The molecule has 1 atom stereocenters. The number of carbonyl (C=O) groups is 1. The molecule has 1 aliphatic heterocycles. The fourth-order valence-electron chi connectivity index (χ4n) is 4.55. The summed E-state index contributed by atoms with van der Waals surface area (Å²) >= 11 is 0. The highest BCUT2D eigenvalue weighted by Crippen LogP contribution is 2.37. The molecule has 3 heterocycles. The lowest BCUT2D eigenvalue weighted by atomic mass is 9.95. The van der Waals surface area contributed by atoms with E-state index in [0.29, 0.717) is 41.4 Å². The van der Waals surface area contributed by atoms with Crippen LogP contribution in [0.1, 0.15) is 34.6 Å². The van der Waals surface area contributed by atoms with E-state index in [1.165, 1.54) is 24.4 Å². The maximum Gasteiger partial charge on any atom is 0.254 e. The molecule has 8 nitrogen and oxygen atoms in total. The van der Waals surface area contributed by atoms with Crippen molar-refractivity contribution in [2.45, 2.75) is 19.4 Å². The topological polar surface area (TPSA) is 78.1 Å². The van der Waals surface area contributed by atoms with Gasteiger partial charge < -0.3 is 9.64 Å². The first-order chi connectivity index (χ1) is 16.8. The van der Waals surface area contributed by atoms with Crippen molar-refractivity contribution in [2.24, 2.45) is 7.05 Å². The predicted molar refractivity (Wildman–Crippen MR) is 120 cm³/mol. The molecule has 0 fully saturated rings. The van der Waals surface area contributed by atoms with Crippen LogP contribution >= 0.6 is 0 Å². The number of hydrogen-bond donors (Lipinski definition) is 0. The Hall–Kier alpha value is -4.15. The second kappa shape index (κ2) is 8.57. The Bertz CT molecular complexity index is 1410. The normalized spacial score (nSPS) is 15.3. The first-order valence-corrected chi connectivity index (χ1v) is 10.8. The van der Waals surface area contributed by atoms with E-state index in [9.17, 15) is 18.0 Å². The summed E-state index contributed by atoms with van der Waals surface area (Å²) < 4.78 is 49.9. The van der Waals surface area contributed by atoms with Gasteiger partial charge in [-0.3, -0.25) is 14.0 Å². The number of ether oxygens (including phenoxy) is 1. The molecule has 2 aromatic heterocycles. The van der Waals surface area contributed by atoms with E-state index in [1.54, 1.807) is 34.7 Å². The van der Waals surface area contributed by atoms with Gasteiger partial charge in [0.15, 0.2) is 17.5 Å². The standard InChI is InChI=1S/C24H21F3N6O2/c1-13-22-18(23(31(2)30-22)14-8-19(25)21(27)20(26)9-14)4-5-33(13)24(34)15-6-16(10-17(7-15)35-3)32-11-28-29-12-32/h6-13H,4-5H2,1-3H3/t13-/m0/s1. The SMILES string of the molecule is COc1cc(C(=O)N2CCc3c(nn(C)c3-c3cc(F)c(F)c(F)c3)[C@@H]2C)cc(-n2cnnc2)c1. The summed E-state index contributed by atoms with van der Waals surface area (Å²) in [4.78, 5) is 15.2. The third kappa shape index (κ3) is 3.82. The van der Waals surface area contributed by atoms with Crippen LogP contribution in [0.3, 0.4) is 0 Å². The number of hydrogen-bond acceptors (Lipinski definition) is 5. The largest absolute Gasteiger partial charge is 0.497 e. The van der Waals surface area contributed by atoms with E-state index in [-0.39, 0.29) is 11.5 Å². The Morgan fingerprint density at radius 1 is 1.06 bits per heavy atom. The Morgan fingerprint density at radius 3 is 2.40 bits per heavy atom. The maximum atomic E-state index is 13.9. The lowest BCUT2D eigenvalue weighted by Crippen LogP contribution is -2.39. The van der Waals surface area contributed by atoms with Crippen LogP contribution in [-0.4, -0.2) is 49.0 Å². The number of amides is 1. The molecule has 0 radical (unpaired) electrons. The number of benzene rings is 2. The minimum absolute atomic E-state index is 0.191. The summed E-state index contributed by atoms with van der Waals surface area (Å²) in [5, 5.41) is 12.2. The van der Waals surface area contributed by atoms with Crippen molar-refractivity contribution in [2.75, 3.05) is 13.7 Å². The lowest BCUT2D eigenvalue weighted by molar-refractivity contribution is 0.0673. The highest BCUT2D eigenvalue weighted by Gasteiger charge is 2.34. The van der Waals surface area contributed by atoms with E-state index in [4.69, 9.17) is 4.74 Å². The van der Waals surface area contributed by atoms with Gasteiger partial charge in [0.05, 0.1) is 30.2 Å². The molecule has 5 rings (SSSR count). The molecule has 0 bridgehead atoms. The fraction of sp³-hybridized carbons (Fsp3) is 0.250. The molecule has 1 aliphatic rings. The number of aromatic nitrogens is 5. The van der Waals surface area contributed by atoms with E-state index in [1.807, 2.05) is 6.92 Å². The lowest BCUT2D eigenvalue weighted by Gasteiger charge is -2.33. The van der Waals surface area contributed by atoms with Crippen molar-refractivity contribution in [3.8, 4) is 22.7 Å². The molecular formula is C24H21F3N6O2. The summed E-state index contributed by atoms with van der Waals surface area (Å²) in [5.74, 6) is -3.76. The Kier molecular flexibility index (Phi) is 5.54. The number of carbonyl (C=O) groups excluding carboxylic acids is 1. The molecular weight excluding hydrogens is 461 g/mol.